The molecule has 2 heteroatoms. The van der Waals surface area contributed by atoms with E-state index in [1.165, 1.54) is 0 Å². The van der Waals surface area contributed by atoms with Crippen molar-refractivity contribution in [1.29, 1.82) is 5.26 Å². The van der Waals surface area contributed by atoms with Gasteiger partial charge in [-0.15, -0.1) is 0 Å². The monoisotopic (exact) mass is 108 g/mol. The zero-order valence-corrected chi connectivity index (χ0v) is 4.81. The topological polar surface area (TPSA) is 35.8 Å². The number of rotatable bonds is 2. The molecule has 0 amide bonds. The number of nitrogens with one attached hydrogen (secondary N) is 1. The minimum absolute atomic E-state index is 0.951. The van der Waals surface area contributed by atoms with Crippen LogP contribution in [0.5, 0.6) is 0 Å². The number of nitrogens with zero attached hydrogens (tertiary/aromatic N) is 1. The first-order chi connectivity index (χ1) is 3.81. The number of hydrogen-bond acceptors (Lipinski definition) is 2. The normalized spacial score (nSPS) is 9.75. The maximum atomic E-state index is 7.97. The lowest BCUT2D eigenvalue weighted by atomic mass is 10.3. The lowest BCUT2D eigenvalue weighted by Crippen LogP contribution is -1.91. The molecule has 0 aromatic heterocycles. The molecular formula is C6H8N2. The summed E-state index contributed by atoms with van der Waals surface area (Å²) in [5.41, 5.74) is 0.951. The van der Waals surface area contributed by atoms with Crippen molar-refractivity contribution >= 4 is 0 Å². The molecule has 0 unspecified atom stereocenters. The fourth-order valence-electron chi connectivity index (χ4n) is 0.205. The molecule has 0 fully saturated rings. The molecule has 0 saturated carbocycles. The third-order valence-electron chi connectivity index (χ3n) is 0.686. The van der Waals surface area contributed by atoms with Crippen molar-refractivity contribution in [3.8, 4) is 6.19 Å². The first kappa shape index (κ1) is 6.77. The Morgan fingerprint density at radius 3 is 2.88 bits per heavy atom. The number of allylic oxidation sites excluding steroid dienone is 2. The Balaban J connectivity index is 3.61. The molecule has 2 nitrogen and oxygen atoms in total. The first-order valence-electron chi connectivity index (χ1n) is 2.25. The van der Waals surface area contributed by atoms with E-state index in [-0.39, 0.29) is 0 Å². The molecule has 0 atom stereocenters. The second-order valence-corrected chi connectivity index (χ2v) is 1.35. The molecule has 0 rings (SSSR count). The van der Waals surface area contributed by atoms with Gasteiger partial charge in [0.2, 0.25) is 0 Å². The van der Waals surface area contributed by atoms with Crippen molar-refractivity contribution in [3.63, 3.8) is 0 Å². The van der Waals surface area contributed by atoms with Crippen LogP contribution < -0.4 is 5.32 Å². The van der Waals surface area contributed by atoms with Gasteiger partial charge in [-0.2, -0.15) is 5.26 Å². The van der Waals surface area contributed by atoms with Gasteiger partial charge in [-0.1, -0.05) is 12.7 Å². The van der Waals surface area contributed by atoms with Crippen molar-refractivity contribution in [3.05, 3.63) is 24.4 Å². The molecule has 0 heterocycles. The van der Waals surface area contributed by atoms with Crippen molar-refractivity contribution in [2.45, 2.75) is 6.92 Å². The van der Waals surface area contributed by atoms with E-state index in [0.29, 0.717) is 0 Å². The summed E-state index contributed by atoms with van der Waals surface area (Å²) < 4.78 is 0. The van der Waals surface area contributed by atoms with Gasteiger partial charge in [0.05, 0.1) is 0 Å². The SMILES string of the molecule is C=CC(C)=CNC#N. The van der Waals surface area contributed by atoms with Crippen LogP contribution in [0, 0.1) is 11.5 Å². The predicted octanol–water partition coefficient (Wildman–Crippen LogP) is 1.15. The van der Waals surface area contributed by atoms with E-state index in [4.69, 9.17) is 5.26 Å². The van der Waals surface area contributed by atoms with Crippen LogP contribution in [0.4, 0.5) is 0 Å². The zero-order valence-electron chi connectivity index (χ0n) is 4.81. The van der Waals surface area contributed by atoms with E-state index in [1.54, 1.807) is 18.5 Å². The molecule has 8 heavy (non-hydrogen) atoms. The molecule has 0 aromatic carbocycles. The largest absolute Gasteiger partial charge is 0.299 e. The van der Waals surface area contributed by atoms with Crippen LogP contribution in [0.2, 0.25) is 0 Å². The predicted molar refractivity (Wildman–Crippen MR) is 32.7 cm³/mol. The summed E-state index contributed by atoms with van der Waals surface area (Å²) in [6, 6.07) is 0. The molecular weight excluding hydrogens is 100 g/mol. The first-order valence-corrected chi connectivity index (χ1v) is 2.25. The van der Waals surface area contributed by atoms with Crippen LogP contribution in [0.15, 0.2) is 24.4 Å². The molecule has 0 aliphatic rings. The maximum Gasteiger partial charge on any atom is 0.180 e. The maximum absolute atomic E-state index is 7.97. The molecule has 42 valence electrons. The van der Waals surface area contributed by atoms with Gasteiger partial charge < -0.3 is 0 Å². The molecule has 0 aromatic rings. The summed E-state index contributed by atoms with van der Waals surface area (Å²) in [5, 5.41) is 10.3. The van der Waals surface area contributed by atoms with E-state index in [2.05, 4.69) is 11.9 Å². The molecule has 0 saturated heterocycles. The number of nitriles is 1. The van der Waals surface area contributed by atoms with Crippen LogP contribution >= 0.6 is 0 Å². The number of hydrogen-bond donors (Lipinski definition) is 1. The lowest BCUT2D eigenvalue weighted by molar-refractivity contribution is 1.17. The van der Waals surface area contributed by atoms with Crippen molar-refractivity contribution in [2.24, 2.45) is 0 Å². The average Bonchev–Trinajstić information content (AvgIpc) is 1.83. The highest BCUT2D eigenvalue weighted by atomic mass is 14.8. The van der Waals surface area contributed by atoms with Crippen LogP contribution in [0.25, 0.3) is 0 Å². The Morgan fingerprint density at radius 1 is 1.88 bits per heavy atom. The van der Waals surface area contributed by atoms with Gasteiger partial charge in [-0.3, -0.25) is 5.32 Å². The third-order valence-corrected chi connectivity index (χ3v) is 0.686. The van der Waals surface area contributed by atoms with Gasteiger partial charge in [0.15, 0.2) is 6.19 Å². The zero-order chi connectivity index (χ0) is 6.41. The standard InChI is InChI=1S/C6H8N2/c1-3-6(2)4-8-5-7/h3-4,8H,1H2,2H3. The third kappa shape index (κ3) is 2.98. The molecule has 0 spiro atoms. The second kappa shape index (κ2) is 3.94. The van der Waals surface area contributed by atoms with Gasteiger partial charge in [0.25, 0.3) is 0 Å². The molecule has 0 radical (unpaired) electrons. The van der Waals surface area contributed by atoms with Gasteiger partial charge >= 0.3 is 0 Å². The molecule has 1 N–H and O–H groups in total. The minimum atomic E-state index is 0.951. The van der Waals surface area contributed by atoms with Gasteiger partial charge in [0.1, 0.15) is 0 Å². The summed E-state index contributed by atoms with van der Waals surface area (Å²) in [6.07, 6.45) is 5.02. The summed E-state index contributed by atoms with van der Waals surface area (Å²) >= 11 is 0. The summed E-state index contributed by atoms with van der Waals surface area (Å²) in [4.78, 5) is 0. The second-order valence-electron chi connectivity index (χ2n) is 1.35. The van der Waals surface area contributed by atoms with Crippen LogP contribution in [-0.4, -0.2) is 0 Å². The van der Waals surface area contributed by atoms with Crippen molar-refractivity contribution in [1.82, 2.24) is 5.32 Å². The fraction of sp³-hybridized carbons (Fsp3) is 0.167. The van der Waals surface area contributed by atoms with Crippen LogP contribution in [0.3, 0.4) is 0 Å². The Hall–Kier alpha value is -1.23. The summed E-state index contributed by atoms with van der Waals surface area (Å²) in [5.74, 6) is 0. The van der Waals surface area contributed by atoms with Crippen molar-refractivity contribution < 1.29 is 0 Å². The Labute approximate surface area is 49.1 Å². The van der Waals surface area contributed by atoms with E-state index < -0.39 is 0 Å². The van der Waals surface area contributed by atoms with E-state index in [1.807, 2.05) is 6.92 Å². The summed E-state index contributed by atoms with van der Waals surface area (Å²) in [6.45, 7) is 5.35. The quantitative estimate of drug-likeness (QED) is 0.327. The Morgan fingerprint density at radius 2 is 2.50 bits per heavy atom. The molecule has 0 aliphatic carbocycles. The molecule has 0 bridgehead atoms. The van der Waals surface area contributed by atoms with Crippen molar-refractivity contribution in [2.75, 3.05) is 0 Å². The van der Waals surface area contributed by atoms with E-state index in [9.17, 15) is 0 Å². The Bertz CT molecular complexity index is 139. The lowest BCUT2D eigenvalue weighted by Gasteiger charge is -1.84. The van der Waals surface area contributed by atoms with E-state index >= 15 is 0 Å². The fourth-order valence-corrected chi connectivity index (χ4v) is 0.205. The smallest absolute Gasteiger partial charge is 0.180 e. The van der Waals surface area contributed by atoms with Crippen LogP contribution in [0.1, 0.15) is 6.92 Å². The summed E-state index contributed by atoms with van der Waals surface area (Å²) in [7, 11) is 0. The van der Waals surface area contributed by atoms with E-state index in [0.717, 1.165) is 5.57 Å². The van der Waals surface area contributed by atoms with Gasteiger partial charge in [-0.25, -0.2) is 0 Å². The van der Waals surface area contributed by atoms with Crippen LogP contribution in [-0.2, 0) is 0 Å². The highest BCUT2D eigenvalue weighted by Gasteiger charge is 1.73. The average molecular weight is 108 g/mol. The minimum Gasteiger partial charge on any atom is -0.299 e. The van der Waals surface area contributed by atoms with Gasteiger partial charge in [-0.05, 0) is 12.5 Å². The molecule has 0 aliphatic heterocycles. The highest BCUT2D eigenvalue weighted by Crippen LogP contribution is 1.86. The highest BCUT2D eigenvalue weighted by molar-refractivity contribution is 5.12. The Kier molecular flexibility index (Phi) is 3.34. The van der Waals surface area contributed by atoms with Gasteiger partial charge in [0, 0.05) is 6.20 Å².